The Bertz CT molecular complexity index is 382. The molecule has 0 aromatic carbocycles. The molecule has 1 aliphatic rings. The van der Waals surface area contributed by atoms with Crippen molar-refractivity contribution in [2.75, 3.05) is 46.4 Å². The molecule has 0 aromatic rings. The second kappa shape index (κ2) is 9.99. The van der Waals surface area contributed by atoms with Crippen molar-refractivity contribution in [2.45, 2.75) is 20.3 Å². The molecular formula is C14H27N5O3. The highest BCUT2D eigenvalue weighted by molar-refractivity contribution is 6.01. The quantitative estimate of drug-likeness (QED) is 0.236. The van der Waals surface area contributed by atoms with Gasteiger partial charge in [0.1, 0.15) is 0 Å². The van der Waals surface area contributed by atoms with Crippen LogP contribution < -0.4 is 16.0 Å². The van der Waals surface area contributed by atoms with E-state index < -0.39 is 0 Å². The SMILES string of the molecule is CN=C(NCCOCCC(C)C)NCCN1C(=O)CNC1=O. The highest BCUT2D eigenvalue weighted by Crippen LogP contribution is 1.98. The van der Waals surface area contributed by atoms with E-state index in [4.69, 9.17) is 4.74 Å². The molecule has 1 fully saturated rings. The van der Waals surface area contributed by atoms with Crippen molar-refractivity contribution >= 4 is 17.9 Å². The predicted molar refractivity (Wildman–Crippen MR) is 84.8 cm³/mol. The zero-order chi connectivity index (χ0) is 16.4. The number of amides is 3. The smallest absolute Gasteiger partial charge is 0.324 e. The molecule has 126 valence electrons. The fraction of sp³-hybridized carbons (Fsp3) is 0.786. The van der Waals surface area contributed by atoms with Gasteiger partial charge in [-0.15, -0.1) is 0 Å². The van der Waals surface area contributed by atoms with Gasteiger partial charge in [-0.2, -0.15) is 0 Å². The number of hydrogen-bond acceptors (Lipinski definition) is 4. The van der Waals surface area contributed by atoms with Crippen LogP contribution in [0.4, 0.5) is 4.79 Å². The Hall–Kier alpha value is -1.83. The van der Waals surface area contributed by atoms with Gasteiger partial charge in [-0.25, -0.2) is 4.79 Å². The summed E-state index contributed by atoms with van der Waals surface area (Å²) in [6.45, 7) is 7.21. The predicted octanol–water partition coefficient (Wildman–Crippen LogP) is -0.234. The van der Waals surface area contributed by atoms with E-state index in [-0.39, 0.29) is 18.5 Å². The number of aliphatic imine (C=N–C) groups is 1. The number of nitrogens with one attached hydrogen (secondary N) is 3. The molecule has 0 atom stereocenters. The first-order chi connectivity index (χ1) is 10.5. The molecular weight excluding hydrogens is 286 g/mol. The van der Waals surface area contributed by atoms with Crippen LogP contribution in [0.3, 0.4) is 0 Å². The molecule has 0 saturated carbocycles. The molecule has 0 unspecified atom stereocenters. The van der Waals surface area contributed by atoms with Crippen molar-refractivity contribution in [3.8, 4) is 0 Å². The van der Waals surface area contributed by atoms with E-state index in [1.807, 2.05) is 0 Å². The van der Waals surface area contributed by atoms with Crippen molar-refractivity contribution in [1.29, 1.82) is 0 Å². The Morgan fingerprint density at radius 3 is 2.64 bits per heavy atom. The Labute approximate surface area is 131 Å². The fourth-order valence-corrected chi connectivity index (χ4v) is 1.85. The molecule has 8 nitrogen and oxygen atoms in total. The van der Waals surface area contributed by atoms with E-state index in [2.05, 4.69) is 34.8 Å². The summed E-state index contributed by atoms with van der Waals surface area (Å²) in [5, 5.41) is 8.65. The lowest BCUT2D eigenvalue weighted by atomic mass is 10.1. The first-order valence-electron chi connectivity index (χ1n) is 7.65. The van der Waals surface area contributed by atoms with Gasteiger partial charge in [0, 0.05) is 33.3 Å². The normalized spacial score (nSPS) is 15.5. The second-order valence-electron chi connectivity index (χ2n) is 5.42. The van der Waals surface area contributed by atoms with Crippen molar-refractivity contribution in [1.82, 2.24) is 20.9 Å². The first-order valence-corrected chi connectivity index (χ1v) is 7.65. The van der Waals surface area contributed by atoms with Crippen molar-refractivity contribution < 1.29 is 14.3 Å². The number of imide groups is 1. The number of hydrogen-bond donors (Lipinski definition) is 3. The summed E-state index contributed by atoms with van der Waals surface area (Å²) in [5.74, 6) is 1.07. The highest BCUT2D eigenvalue weighted by atomic mass is 16.5. The van der Waals surface area contributed by atoms with Crippen LogP contribution in [0.2, 0.25) is 0 Å². The molecule has 1 heterocycles. The summed E-state index contributed by atoms with van der Waals surface area (Å²) >= 11 is 0. The van der Waals surface area contributed by atoms with E-state index in [0.29, 0.717) is 38.1 Å². The summed E-state index contributed by atoms with van der Waals surface area (Å²) in [4.78, 5) is 28.0. The number of urea groups is 1. The summed E-state index contributed by atoms with van der Waals surface area (Å²) in [6.07, 6.45) is 1.05. The van der Waals surface area contributed by atoms with Crippen LogP contribution in [0.1, 0.15) is 20.3 Å². The molecule has 0 aromatic heterocycles. The van der Waals surface area contributed by atoms with Gasteiger partial charge < -0.3 is 20.7 Å². The van der Waals surface area contributed by atoms with Crippen molar-refractivity contribution in [3.05, 3.63) is 0 Å². The van der Waals surface area contributed by atoms with Gasteiger partial charge in [-0.3, -0.25) is 14.7 Å². The summed E-state index contributed by atoms with van der Waals surface area (Å²) in [7, 11) is 1.67. The minimum atomic E-state index is -0.340. The van der Waals surface area contributed by atoms with Gasteiger partial charge >= 0.3 is 6.03 Å². The van der Waals surface area contributed by atoms with Crippen molar-refractivity contribution in [3.63, 3.8) is 0 Å². The topological polar surface area (TPSA) is 95.1 Å². The number of rotatable bonds is 9. The maximum Gasteiger partial charge on any atom is 0.324 e. The molecule has 0 aliphatic carbocycles. The molecule has 3 N–H and O–H groups in total. The number of carbonyl (C=O) groups is 2. The van der Waals surface area contributed by atoms with Crippen LogP contribution in [0.15, 0.2) is 4.99 Å². The average molecular weight is 313 g/mol. The van der Waals surface area contributed by atoms with Gasteiger partial charge in [0.25, 0.3) is 0 Å². The van der Waals surface area contributed by atoms with Crippen molar-refractivity contribution in [2.24, 2.45) is 10.9 Å². The van der Waals surface area contributed by atoms with Gasteiger partial charge in [0.2, 0.25) is 5.91 Å². The second-order valence-corrected chi connectivity index (χ2v) is 5.42. The van der Waals surface area contributed by atoms with Crippen LogP contribution in [0.5, 0.6) is 0 Å². The minimum Gasteiger partial charge on any atom is -0.380 e. The highest BCUT2D eigenvalue weighted by Gasteiger charge is 2.27. The zero-order valence-corrected chi connectivity index (χ0v) is 13.6. The Morgan fingerprint density at radius 1 is 1.32 bits per heavy atom. The van der Waals surface area contributed by atoms with Gasteiger partial charge in [0.15, 0.2) is 5.96 Å². The number of ether oxygens (including phenoxy) is 1. The molecule has 8 heteroatoms. The Balaban J connectivity index is 2.10. The van der Waals surface area contributed by atoms with Crippen LogP contribution in [-0.2, 0) is 9.53 Å². The minimum absolute atomic E-state index is 0.0829. The molecule has 0 spiro atoms. The lowest BCUT2D eigenvalue weighted by Gasteiger charge is -2.15. The van der Waals surface area contributed by atoms with E-state index in [1.165, 1.54) is 4.90 Å². The summed E-state index contributed by atoms with van der Waals surface area (Å²) in [6, 6.07) is -0.340. The zero-order valence-electron chi connectivity index (χ0n) is 13.6. The van der Waals surface area contributed by atoms with Crippen LogP contribution in [0.25, 0.3) is 0 Å². The van der Waals surface area contributed by atoms with Gasteiger partial charge in [0.05, 0.1) is 13.2 Å². The average Bonchev–Trinajstić information content (AvgIpc) is 2.80. The molecule has 3 amide bonds. The molecule has 1 saturated heterocycles. The maximum atomic E-state index is 11.4. The van der Waals surface area contributed by atoms with E-state index >= 15 is 0 Å². The number of carbonyl (C=O) groups excluding carboxylic acids is 2. The summed E-state index contributed by atoms with van der Waals surface area (Å²) < 4.78 is 5.50. The third-order valence-electron chi connectivity index (χ3n) is 3.17. The number of nitrogens with zero attached hydrogens (tertiary/aromatic N) is 2. The lowest BCUT2D eigenvalue weighted by Crippen LogP contribution is -2.44. The van der Waals surface area contributed by atoms with E-state index in [0.717, 1.165) is 13.0 Å². The van der Waals surface area contributed by atoms with Gasteiger partial charge in [-0.1, -0.05) is 13.8 Å². The third-order valence-corrected chi connectivity index (χ3v) is 3.17. The van der Waals surface area contributed by atoms with Crippen LogP contribution >= 0.6 is 0 Å². The van der Waals surface area contributed by atoms with E-state index in [9.17, 15) is 9.59 Å². The molecule has 22 heavy (non-hydrogen) atoms. The number of guanidine groups is 1. The molecule has 1 rings (SSSR count). The fourth-order valence-electron chi connectivity index (χ4n) is 1.85. The largest absolute Gasteiger partial charge is 0.380 e. The van der Waals surface area contributed by atoms with Crippen LogP contribution in [-0.4, -0.2) is 69.2 Å². The van der Waals surface area contributed by atoms with Crippen LogP contribution in [0, 0.1) is 5.92 Å². The lowest BCUT2D eigenvalue weighted by molar-refractivity contribution is -0.124. The maximum absolute atomic E-state index is 11.4. The molecule has 1 aliphatic heterocycles. The monoisotopic (exact) mass is 313 g/mol. The molecule has 0 bridgehead atoms. The third kappa shape index (κ3) is 6.75. The first kappa shape index (κ1) is 18.2. The molecule has 0 radical (unpaired) electrons. The van der Waals surface area contributed by atoms with Gasteiger partial charge in [-0.05, 0) is 12.3 Å². The Morgan fingerprint density at radius 2 is 2.05 bits per heavy atom. The Kier molecular flexibility index (Phi) is 8.27. The summed E-state index contributed by atoms with van der Waals surface area (Å²) in [5.41, 5.74) is 0. The standard InChI is InChI=1S/C14H27N5O3/c1-11(2)4-8-22-9-6-17-13(15-3)16-5-7-19-12(20)10-18-14(19)21/h11H,4-10H2,1-3H3,(H,18,21)(H2,15,16,17). The van der Waals surface area contributed by atoms with E-state index in [1.54, 1.807) is 7.05 Å².